The van der Waals surface area contributed by atoms with Crippen LogP contribution in [0.1, 0.15) is 10.4 Å². The van der Waals surface area contributed by atoms with Gasteiger partial charge in [0.25, 0.3) is 0 Å². The quantitative estimate of drug-likeness (QED) is 0.465. The lowest BCUT2D eigenvalue weighted by atomic mass is 9.89. The molecule has 0 spiro atoms. The zero-order chi connectivity index (χ0) is 9.26. The lowest BCUT2D eigenvalue weighted by Gasteiger charge is -2.03. The maximum absolute atomic E-state index is 10.7. The van der Waals surface area contributed by atoms with Crippen molar-refractivity contribution in [1.29, 1.82) is 0 Å². The fourth-order valence-electron chi connectivity index (χ4n) is 1.38. The standard InChI is InChI=1S/C10H6BNO/c11-9-3-1-2-7-4-12-5-8(6-13)10(7)9/h1-6H. The number of aldehydes is 1. The summed E-state index contributed by atoms with van der Waals surface area (Å²) < 4.78 is 0. The van der Waals surface area contributed by atoms with Crippen LogP contribution in [0, 0.1) is 0 Å². The molecule has 1 heterocycles. The van der Waals surface area contributed by atoms with Gasteiger partial charge in [-0.15, -0.1) is 0 Å². The Morgan fingerprint density at radius 3 is 2.92 bits per heavy atom. The summed E-state index contributed by atoms with van der Waals surface area (Å²) in [6.45, 7) is 0. The number of carbonyl (C=O) groups excluding carboxylic acids is 1. The van der Waals surface area contributed by atoms with Crippen molar-refractivity contribution in [2.45, 2.75) is 0 Å². The number of hydrogen-bond acceptors (Lipinski definition) is 2. The van der Waals surface area contributed by atoms with Crippen LogP contribution in [0.4, 0.5) is 0 Å². The smallest absolute Gasteiger partial charge is 0.152 e. The maximum Gasteiger partial charge on any atom is 0.152 e. The van der Waals surface area contributed by atoms with Crippen LogP contribution in [0.5, 0.6) is 0 Å². The van der Waals surface area contributed by atoms with Gasteiger partial charge in [0.15, 0.2) is 6.29 Å². The van der Waals surface area contributed by atoms with Crippen LogP contribution in [0.2, 0.25) is 0 Å². The van der Waals surface area contributed by atoms with Crippen molar-refractivity contribution in [3.8, 4) is 0 Å². The summed E-state index contributed by atoms with van der Waals surface area (Å²) in [4.78, 5) is 14.6. The third-order valence-electron chi connectivity index (χ3n) is 1.97. The Hall–Kier alpha value is -1.64. The number of fused-ring (bicyclic) bond motifs is 1. The Bertz CT molecular complexity index is 462. The number of carbonyl (C=O) groups is 1. The number of aromatic nitrogens is 1. The summed E-state index contributed by atoms with van der Waals surface area (Å²) in [5, 5.41) is 1.68. The Morgan fingerprint density at radius 2 is 2.15 bits per heavy atom. The summed E-state index contributed by atoms with van der Waals surface area (Å²) in [6.07, 6.45) is 3.98. The SMILES string of the molecule is [B]c1cccc2cncc(C=O)c12. The first-order chi connectivity index (χ1) is 6.33. The molecule has 2 aromatic rings. The molecule has 0 saturated heterocycles. The van der Waals surface area contributed by atoms with E-state index in [1.54, 1.807) is 12.3 Å². The third-order valence-corrected chi connectivity index (χ3v) is 1.97. The highest BCUT2D eigenvalue weighted by molar-refractivity contribution is 6.39. The predicted molar refractivity (Wildman–Crippen MR) is 52.5 cm³/mol. The molecule has 0 aliphatic rings. The molecule has 3 heteroatoms. The van der Waals surface area contributed by atoms with E-state index < -0.39 is 0 Å². The van der Waals surface area contributed by atoms with Gasteiger partial charge in [-0.2, -0.15) is 0 Å². The molecule has 0 atom stereocenters. The highest BCUT2D eigenvalue weighted by atomic mass is 16.1. The van der Waals surface area contributed by atoms with Gasteiger partial charge < -0.3 is 0 Å². The van der Waals surface area contributed by atoms with Crippen molar-refractivity contribution in [2.24, 2.45) is 0 Å². The molecule has 2 rings (SSSR count). The van der Waals surface area contributed by atoms with Gasteiger partial charge in [-0.25, -0.2) is 0 Å². The average Bonchev–Trinajstić information content (AvgIpc) is 2.17. The minimum absolute atomic E-state index is 0.538. The molecule has 0 aliphatic heterocycles. The molecular weight excluding hydrogens is 161 g/mol. The van der Waals surface area contributed by atoms with Gasteiger partial charge in [-0.3, -0.25) is 9.78 Å². The van der Waals surface area contributed by atoms with E-state index in [4.69, 9.17) is 7.85 Å². The van der Waals surface area contributed by atoms with Crippen molar-refractivity contribution in [1.82, 2.24) is 4.98 Å². The second-order valence-electron chi connectivity index (χ2n) is 2.79. The first-order valence-electron chi connectivity index (χ1n) is 3.90. The van der Waals surface area contributed by atoms with Crippen molar-refractivity contribution < 1.29 is 4.79 Å². The molecule has 60 valence electrons. The lowest BCUT2D eigenvalue weighted by Crippen LogP contribution is -2.05. The van der Waals surface area contributed by atoms with E-state index in [2.05, 4.69) is 4.98 Å². The first-order valence-corrected chi connectivity index (χ1v) is 3.90. The number of hydrogen-bond donors (Lipinski definition) is 0. The van der Waals surface area contributed by atoms with Crippen molar-refractivity contribution in [2.75, 3.05) is 0 Å². The van der Waals surface area contributed by atoms with Crippen LogP contribution >= 0.6 is 0 Å². The minimum Gasteiger partial charge on any atom is -0.298 e. The zero-order valence-corrected chi connectivity index (χ0v) is 6.90. The van der Waals surface area contributed by atoms with Crippen molar-refractivity contribution in [3.63, 3.8) is 0 Å². The van der Waals surface area contributed by atoms with Crippen LogP contribution in [-0.2, 0) is 0 Å². The van der Waals surface area contributed by atoms with E-state index in [1.807, 2.05) is 12.1 Å². The van der Waals surface area contributed by atoms with Gasteiger partial charge in [-0.1, -0.05) is 23.7 Å². The molecule has 0 fully saturated rings. The normalized spacial score (nSPS) is 10.2. The van der Waals surface area contributed by atoms with E-state index >= 15 is 0 Å². The largest absolute Gasteiger partial charge is 0.298 e. The molecule has 1 aromatic heterocycles. The molecule has 0 saturated carbocycles. The fourth-order valence-corrected chi connectivity index (χ4v) is 1.38. The second kappa shape index (κ2) is 3.01. The Labute approximate surface area is 77.0 Å². The summed E-state index contributed by atoms with van der Waals surface area (Å²) >= 11 is 0. The van der Waals surface area contributed by atoms with E-state index in [1.165, 1.54) is 6.20 Å². The maximum atomic E-state index is 10.7. The summed E-state index contributed by atoms with van der Waals surface area (Å²) in [7, 11) is 5.75. The topological polar surface area (TPSA) is 30.0 Å². The molecule has 0 unspecified atom stereocenters. The van der Waals surface area contributed by atoms with Crippen LogP contribution in [-0.4, -0.2) is 19.1 Å². The van der Waals surface area contributed by atoms with Gasteiger partial charge >= 0.3 is 0 Å². The second-order valence-corrected chi connectivity index (χ2v) is 2.79. The van der Waals surface area contributed by atoms with E-state index in [9.17, 15) is 4.79 Å². The van der Waals surface area contributed by atoms with Gasteiger partial charge in [-0.05, 0) is 5.39 Å². The summed E-state index contributed by atoms with van der Waals surface area (Å²) in [6, 6.07) is 5.49. The number of rotatable bonds is 1. The van der Waals surface area contributed by atoms with Crippen molar-refractivity contribution in [3.05, 3.63) is 36.2 Å². The molecule has 0 aliphatic carbocycles. The van der Waals surface area contributed by atoms with Crippen LogP contribution in [0.3, 0.4) is 0 Å². The monoisotopic (exact) mass is 167 g/mol. The van der Waals surface area contributed by atoms with E-state index in [0.717, 1.165) is 17.1 Å². The molecule has 13 heavy (non-hydrogen) atoms. The first kappa shape index (κ1) is 7.99. The van der Waals surface area contributed by atoms with Crippen molar-refractivity contribution >= 4 is 30.4 Å². The highest BCUT2D eigenvalue weighted by Crippen LogP contribution is 2.12. The average molecular weight is 167 g/mol. The van der Waals surface area contributed by atoms with Crippen LogP contribution in [0.15, 0.2) is 30.6 Å². The van der Waals surface area contributed by atoms with Crippen LogP contribution < -0.4 is 5.46 Å². The van der Waals surface area contributed by atoms with Gasteiger partial charge in [0.1, 0.15) is 7.85 Å². The number of nitrogens with zero attached hydrogens (tertiary/aromatic N) is 1. The zero-order valence-electron chi connectivity index (χ0n) is 6.90. The summed E-state index contributed by atoms with van der Waals surface area (Å²) in [5.74, 6) is 0. The molecule has 0 bridgehead atoms. The number of benzene rings is 1. The van der Waals surface area contributed by atoms with Gasteiger partial charge in [0.2, 0.25) is 0 Å². The molecule has 2 nitrogen and oxygen atoms in total. The Morgan fingerprint density at radius 1 is 1.31 bits per heavy atom. The highest BCUT2D eigenvalue weighted by Gasteiger charge is 2.01. The third kappa shape index (κ3) is 1.22. The molecule has 2 radical (unpaired) electrons. The summed E-state index contributed by atoms with van der Waals surface area (Å²) in [5.41, 5.74) is 1.15. The molecule has 0 amide bonds. The van der Waals surface area contributed by atoms with E-state index in [0.29, 0.717) is 11.0 Å². The van der Waals surface area contributed by atoms with E-state index in [-0.39, 0.29) is 0 Å². The van der Waals surface area contributed by atoms with Gasteiger partial charge in [0, 0.05) is 23.3 Å². The minimum atomic E-state index is 0.538. The number of pyridine rings is 1. The van der Waals surface area contributed by atoms with Gasteiger partial charge in [0.05, 0.1) is 0 Å². The molecule has 0 N–H and O–H groups in total. The predicted octanol–water partition coefficient (Wildman–Crippen LogP) is 0.841. The molecular formula is C10H6BNO. The lowest BCUT2D eigenvalue weighted by molar-refractivity contribution is 0.112. The fraction of sp³-hybridized carbons (Fsp3) is 0. The molecule has 1 aromatic carbocycles. The Balaban J connectivity index is 2.94. The Kier molecular flexibility index (Phi) is 1.85. The van der Waals surface area contributed by atoms with Crippen LogP contribution in [0.25, 0.3) is 10.8 Å².